The van der Waals surface area contributed by atoms with Crippen molar-refractivity contribution in [3.8, 4) is 5.75 Å². The topological polar surface area (TPSA) is 46.5 Å². The van der Waals surface area contributed by atoms with Crippen LogP contribution in [0.4, 0.5) is 0 Å². The van der Waals surface area contributed by atoms with E-state index in [4.69, 9.17) is 9.84 Å². The Bertz CT molecular complexity index is 383. The number of unbranched alkanes of at least 4 members (excludes halogenated alkanes) is 1. The molecule has 17 heavy (non-hydrogen) atoms. The molecule has 0 fully saturated rings. The largest absolute Gasteiger partial charge is 0.493 e. The molecule has 0 aliphatic heterocycles. The predicted octanol–water partition coefficient (Wildman–Crippen LogP) is 3.69. The average molecular weight is 236 g/mol. The Balaban J connectivity index is 2.92. The van der Waals surface area contributed by atoms with Crippen molar-refractivity contribution in [2.45, 2.75) is 39.5 Å². The van der Waals surface area contributed by atoms with Gasteiger partial charge >= 0.3 is 5.97 Å². The Hall–Kier alpha value is -1.51. The monoisotopic (exact) mass is 236 g/mol. The van der Waals surface area contributed by atoms with E-state index in [1.807, 2.05) is 19.9 Å². The molecule has 1 aromatic rings. The zero-order valence-corrected chi connectivity index (χ0v) is 10.7. The lowest BCUT2D eigenvalue weighted by atomic mass is 10.0. The number of hydrogen-bond acceptors (Lipinski definition) is 2. The van der Waals surface area contributed by atoms with Gasteiger partial charge in [-0.25, -0.2) is 4.79 Å². The highest BCUT2D eigenvalue weighted by Gasteiger charge is 2.13. The van der Waals surface area contributed by atoms with Crippen LogP contribution >= 0.6 is 0 Å². The molecule has 3 heteroatoms. The summed E-state index contributed by atoms with van der Waals surface area (Å²) in [6.07, 6.45) is 1.97. The van der Waals surface area contributed by atoms with E-state index in [0.29, 0.717) is 18.3 Å². The minimum atomic E-state index is -0.931. The third kappa shape index (κ3) is 3.77. The number of carboxylic acids is 1. The summed E-state index contributed by atoms with van der Waals surface area (Å²) in [4.78, 5) is 11.1. The molecule has 0 aliphatic carbocycles. The van der Waals surface area contributed by atoms with Crippen LogP contribution in [0.2, 0.25) is 0 Å². The van der Waals surface area contributed by atoms with E-state index in [-0.39, 0.29) is 5.56 Å². The van der Waals surface area contributed by atoms with Crippen molar-refractivity contribution in [1.29, 1.82) is 0 Å². The van der Waals surface area contributed by atoms with Crippen LogP contribution in [-0.2, 0) is 0 Å². The van der Waals surface area contributed by atoms with Gasteiger partial charge in [-0.3, -0.25) is 0 Å². The quantitative estimate of drug-likeness (QED) is 0.766. The van der Waals surface area contributed by atoms with E-state index >= 15 is 0 Å². The van der Waals surface area contributed by atoms with Gasteiger partial charge in [0.25, 0.3) is 0 Å². The minimum absolute atomic E-state index is 0.257. The Morgan fingerprint density at radius 3 is 2.65 bits per heavy atom. The Morgan fingerprint density at radius 2 is 2.12 bits per heavy atom. The summed E-state index contributed by atoms with van der Waals surface area (Å²) in [5.41, 5.74) is 1.28. The molecule has 0 spiro atoms. The highest BCUT2D eigenvalue weighted by Crippen LogP contribution is 2.24. The van der Waals surface area contributed by atoms with Gasteiger partial charge in [-0.15, -0.1) is 0 Å². The van der Waals surface area contributed by atoms with Crippen LogP contribution in [0, 0.1) is 0 Å². The fourth-order valence-corrected chi connectivity index (χ4v) is 1.53. The van der Waals surface area contributed by atoms with Gasteiger partial charge in [0.2, 0.25) is 0 Å². The summed E-state index contributed by atoms with van der Waals surface area (Å²) in [7, 11) is 0. The Morgan fingerprint density at radius 1 is 1.41 bits per heavy atom. The summed E-state index contributed by atoms with van der Waals surface area (Å²) in [6.45, 7) is 6.72. The molecule has 0 amide bonds. The first-order valence-electron chi connectivity index (χ1n) is 6.06. The smallest absolute Gasteiger partial charge is 0.339 e. The lowest BCUT2D eigenvalue weighted by Crippen LogP contribution is -2.05. The van der Waals surface area contributed by atoms with E-state index in [9.17, 15) is 4.79 Å². The zero-order chi connectivity index (χ0) is 12.8. The van der Waals surface area contributed by atoms with Crippen molar-refractivity contribution in [1.82, 2.24) is 0 Å². The average Bonchev–Trinajstić information content (AvgIpc) is 2.29. The maximum Gasteiger partial charge on any atom is 0.339 e. The second kappa shape index (κ2) is 6.28. The van der Waals surface area contributed by atoms with Crippen LogP contribution in [0.3, 0.4) is 0 Å². The molecule has 0 atom stereocenters. The molecule has 0 aromatic heterocycles. The first-order chi connectivity index (χ1) is 8.06. The third-order valence-corrected chi connectivity index (χ3v) is 2.66. The van der Waals surface area contributed by atoms with Crippen molar-refractivity contribution in [3.63, 3.8) is 0 Å². The molecular weight excluding hydrogens is 216 g/mol. The highest BCUT2D eigenvalue weighted by molar-refractivity contribution is 5.91. The molecule has 3 nitrogen and oxygen atoms in total. The second-order valence-corrected chi connectivity index (χ2v) is 4.42. The van der Waals surface area contributed by atoms with Crippen LogP contribution in [-0.4, -0.2) is 17.7 Å². The van der Waals surface area contributed by atoms with Gasteiger partial charge in [-0.1, -0.05) is 33.3 Å². The van der Waals surface area contributed by atoms with Gasteiger partial charge in [-0.2, -0.15) is 0 Å². The summed E-state index contributed by atoms with van der Waals surface area (Å²) >= 11 is 0. The van der Waals surface area contributed by atoms with Crippen molar-refractivity contribution in [2.75, 3.05) is 6.61 Å². The predicted molar refractivity (Wildman–Crippen MR) is 67.9 cm³/mol. The SMILES string of the molecule is CCCCOc1ccc(C(C)C)cc1C(=O)O. The molecule has 0 saturated heterocycles. The lowest BCUT2D eigenvalue weighted by Gasteiger charge is -2.12. The molecule has 0 aliphatic rings. The van der Waals surface area contributed by atoms with Crippen LogP contribution < -0.4 is 4.74 Å². The molecule has 0 heterocycles. The van der Waals surface area contributed by atoms with Crippen molar-refractivity contribution in [2.24, 2.45) is 0 Å². The number of carbonyl (C=O) groups is 1. The van der Waals surface area contributed by atoms with Crippen LogP contribution in [0.15, 0.2) is 18.2 Å². The van der Waals surface area contributed by atoms with E-state index < -0.39 is 5.97 Å². The zero-order valence-electron chi connectivity index (χ0n) is 10.7. The summed E-state index contributed by atoms with van der Waals surface area (Å²) < 4.78 is 5.49. The first kappa shape index (κ1) is 13.6. The molecule has 1 rings (SSSR count). The van der Waals surface area contributed by atoms with Gasteiger partial charge in [0.1, 0.15) is 11.3 Å². The maximum atomic E-state index is 11.1. The van der Waals surface area contributed by atoms with Gasteiger partial charge in [0.15, 0.2) is 0 Å². The first-order valence-corrected chi connectivity index (χ1v) is 6.06. The fraction of sp³-hybridized carbons (Fsp3) is 0.500. The summed E-state index contributed by atoms with van der Waals surface area (Å²) in [5, 5.41) is 9.15. The summed E-state index contributed by atoms with van der Waals surface area (Å²) in [6, 6.07) is 5.39. The fourth-order valence-electron chi connectivity index (χ4n) is 1.53. The second-order valence-electron chi connectivity index (χ2n) is 4.42. The number of rotatable bonds is 6. The number of ether oxygens (including phenoxy) is 1. The van der Waals surface area contributed by atoms with Crippen LogP contribution in [0.5, 0.6) is 5.75 Å². The molecule has 0 radical (unpaired) electrons. The normalized spacial score (nSPS) is 10.6. The molecule has 1 aromatic carbocycles. The van der Waals surface area contributed by atoms with E-state index in [1.54, 1.807) is 12.1 Å². The number of carboxylic acid groups (broad SMARTS) is 1. The van der Waals surface area contributed by atoms with Gasteiger partial charge < -0.3 is 9.84 Å². The van der Waals surface area contributed by atoms with E-state index in [2.05, 4.69) is 6.92 Å². The molecule has 0 unspecified atom stereocenters. The highest BCUT2D eigenvalue weighted by atomic mass is 16.5. The van der Waals surface area contributed by atoms with Gasteiger partial charge in [0.05, 0.1) is 6.61 Å². The molecule has 1 N–H and O–H groups in total. The van der Waals surface area contributed by atoms with Gasteiger partial charge in [0, 0.05) is 0 Å². The Labute approximate surface area is 102 Å². The van der Waals surface area contributed by atoms with E-state index in [0.717, 1.165) is 18.4 Å². The maximum absolute atomic E-state index is 11.1. The van der Waals surface area contributed by atoms with Crippen molar-refractivity contribution < 1.29 is 14.6 Å². The third-order valence-electron chi connectivity index (χ3n) is 2.66. The molecule has 0 bridgehead atoms. The summed E-state index contributed by atoms with van der Waals surface area (Å²) in [5.74, 6) is -0.146. The minimum Gasteiger partial charge on any atom is -0.493 e. The molecular formula is C14H20O3. The van der Waals surface area contributed by atoms with Crippen molar-refractivity contribution >= 4 is 5.97 Å². The molecule has 94 valence electrons. The van der Waals surface area contributed by atoms with Crippen LogP contribution in [0.25, 0.3) is 0 Å². The number of benzene rings is 1. The Kier molecular flexibility index (Phi) is 5.01. The molecule has 0 saturated carbocycles. The lowest BCUT2D eigenvalue weighted by molar-refractivity contribution is 0.0692. The number of hydrogen-bond donors (Lipinski definition) is 1. The van der Waals surface area contributed by atoms with Crippen molar-refractivity contribution in [3.05, 3.63) is 29.3 Å². The standard InChI is InChI=1S/C14H20O3/c1-4-5-8-17-13-7-6-11(10(2)3)9-12(13)14(15)16/h6-7,9-10H,4-5,8H2,1-3H3,(H,15,16). The van der Waals surface area contributed by atoms with Gasteiger partial charge in [-0.05, 0) is 30.0 Å². The van der Waals surface area contributed by atoms with E-state index in [1.165, 1.54) is 0 Å². The number of aromatic carboxylic acids is 1. The van der Waals surface area contributed by atoms with Crippen LogP contribution in [0.1, 0.15) is 55.5 Å².